The van der Waals surface area contributed by atoms with Gasteiger partial charge in [-0.05, 0) is 74.9 Å². The van der Waals surface area contributed by atoms with Gasteiger partial charge in [-0.3, -0.25) is 13.9 Å². The van der Waals surface area contributed by atoms with Crippen LogP contribution in [0.1, 0.15) is 81.0 Å². The topological polar surface area (TPSA) is 86.8 Å². The van der Waals surface area contributed by atoms with Crippen LogP contribution in [0, 0.1) is 13.8 Å². The van der Waals surface area contributed by atoms with Crippen LogP contribution in [0.4, 0.5) is 5.69 Å². The van der Waals surface area contributed by atoms with Crippen LogP contribution in [-0.2, 0) is 26.2 Å². The zero-order valence-electron chi connectivity index (χ0n) is 26.0. The van der Waals surface area contributed by atoms with Crippen LogP contribution in [0.15, 0.2) is 77.7 Å². The fourth-order valence-corrected chi connectivity index (χ4v) is 6.96. The minimum atomic E-state index is -4.10. The van der Waals surface area contributed by atoms with Crippen molar-refractivity contribution in [2.24, 2.45) is 0 Å². The Bertz CT molecular complexity index is 1490. The van der Waals surface area contributed by atoms with Crippen LogP contribution in [0.25, 0.3) is 0 Å². The monoisotopic (exact) mass is 603 g/mol. The minimum absolute atomic E-state index is 0.0949. The van der Waals surface area contributed by atoms with Gasteiger partial charge in [-0.15, -0.1) is 0 Å². The van der Waals surface area contributed by atoms with Crippen molar-refractivity contribution in [3.05, 3.63) is 95.1 Å². The van der Waals surface area contributed by atoms with Gasteiger partial charge in [-0.1, -0.05) is 92.8 Å². The van der Waals surface area contributed by atoms with Gasteiger partial charge in [0.25, 0.3) is 10.0 Å². The highest BCUT2D eigenvalue weighted by molar-refractivity contribution is 7.92. The Morgan fingerprint density at radius 2 is 1.51 bits per heavy atom. The summed E-state index contributed by atoms with van der Waals surface area (Å²) in [7, 11) is -4.10. The van der Waals surface area contributed by atoms with Gasteiger partial charge >= 0.3 is 0 Å². The first-order valence-corrected chi connectivity index (χ1v) is 16.7. The molecule has 1 fully saturated rings. The number of nitrogens with zero attached hydrogens (tertiary/aromatic N) is 2. The molecule has 0 radical (unpaired) electrons. The van der Waals surface area contributed by atoms with E-state index >= 15 is 0 Å². The molecule has 1 N–H and O–H groups in total. The summed E-state index contributed by atoms with van der Waals surface area (Å²) in [6.07, 6.45) is 5.18. The van der Waals surface area contributed by atoms with E-state index in [9.17, 15) is 18.0 Å². The predicted octanol–water partition coefficient (Wildman–Crippen LogP) is 6.49. The highest BCUT2D eigenvalue weighted by Crippen LogP contribution is 2.27. The average Bonchev–Trinajstić information content (AvgIpc) is 2.99. The third-order valence-electron chi connectivity index (χ3n) is 8.29. The molecule has 0 aliphatic heterocycles. The second-order valence-corrected chi connectivity index (χ2v) is 14.0. The van der Waals surface area contributed by atoms with Crippen LogP contribution in [0.3, 0.4) is 0 Å². The molecular weight excluding hydrogens is 558 g/mol. The average molecular weight is 604 g/mol. The molecular formula is C35H45N3O4S. The molecule has 0 saturated heterocycles. The van der Waals surface area contributed by atoms with Gasteiger partial charge in [0.15, 0.2) is 0 Å². The molecule has 1 atom stereocenters. The van der Waals surface area contributed by atoms with E-state index in [-0.39, 0.29) is 29.3 Å². The van der Waals surface area contributed by atoms with Crippen molar-refractivity contribution in [1.82, 2.24) is 10.2 Å². The van der Waals surface area contributed by atoms with Crippen LogP contribution in [0.5, 0.6) is 0 Å². The van der Waals surface area contributed by atoms with Gasteiger partial charge in [0, 0.05) is 12.6 Å². The van der Waals surface area contributed by atoms with Gasteiger partial charge in [0.1, 0.15) is 12.6 Å². The third-order valence-corrected chi connectivity index (χ3v) is 10.1. The van der Waals surface area contributed by atoms with Crippen LogP contribution in [-0.4, -0.2) is 43.8 Å². The van der Waals surface area contributed by atoms with Crippen LogP contribution >= 0.6 is 0 Å². The van der Waals surface area contributed by atoms with Crippen LogP contribution < -0.4 is 9.62 Å². The Balaban J connectivity index is 1.69. The summed E-state index contributed by atoms with van der Waals surface area (Å²) in [6, 6.07) is 21.0. The molecule has 8 heteroatoms. The standard InChI is InChI=1S/C35H45N3O4S/c1-25(2)30-16-18-32(19-17-30)38(43(41,42)33-20-14-26(3)15-21-33)24-34(39)37(23-29-11-9-10-27(4)22-29)28(5)35(40)36-31-12-7-6-8-13-31/h9-11,14-22,25,28,31H,6-8,12-13,23-24H2,1-5H3,(H,36,40). The summed E-state index contributed by atoms with van der Waals surface area (Å²) in [5, 5.41) is 3.15. The molecule has 1 saturated carbocycles. The van der Waals surface area contributed by atoms with Gasteiger partial charge in [-0.25, -0.2) is 8.42 Å². The lowest BCUT2D eigenvalue weighted by Gasteiger charge is -2.33. The van der Waals surface area contributed by atoms with E-state index in [0.717, 1.165) is 47.9 Å². The SMILES string of the molecule is Cc1ccc(S(=O)(=O)N(CC(=O)N(Cc2cccc(C)c2)C(C)C(=O)NC2CCCCC2)c2ccc(C(C)C)cc2)cc1. The number of carbonyl (C=O) groups is 2. The molecule has 1 aliphatic carbocycles. The van der Waals surface area contributed by atoms with Crippen molar-refractivity contribution in [2.45, 2.75) is 96.2 Å². The number of sulfonamides is 1. The van der Waals surface area contributed by atoms with E-state index in [2.05, 4.69) is 19.2 Å². The van der Waals surface area contributed by atoms with Gasteiger partial charge < -0.3 is 10.2 Å². The van der Waals surface area contributed by atoms with Crippen molar-refractivity contribution < 1.29 is 18.0 Å². The largest absolute Gasteiger partial charge is 0.352 e. The Hall–Kier alpha value is -3.65. The molecule has 7 nitrogen and oxygen atoms in total. The summed E-state index contributed by atoms with van der Waals surface area (Å²) in [5.74, 6) is -0.398. The van der Waals surface area contributed by atoms with E-state index in [1.54, 1.807) is 43.3 Å². The molecule has 0 heterocycles. The minimum Gasteiger partial charge on any atom is -0.352 e. The lowest BCUT2D eigenvalue weighted by atomic mass is 9.95. The number of anilines is 1. The highest BCUT2D eigenvalue weighted by Gasteiger charge is 2.33. The zero-order valence-corrected chi connectivity index (χ0v) is 26.9. The number of hydrogen-bond donors (Lipinski definition) is 1. The van der Waals surface area contributed by atoms with Crippen molar-refractivity contribution in [3.63, 3.8) is 0 Å². The number of rotatable bonds is 11. The molecule has 0 spiro atoms. The zero-order chi connectivity index (χ0) is 31.1. The second kappa shape index (κ2) is 14.2. The first-order valence-electron chi connectivity index (χ1n) is 15.3. The highest BCUT2D eigenvalue weighted by atomic mass is 32.2. The molecule has 0 bridgehead atoms. The number of aryl methyl sites for hydroxylation is 2. The molecule has 1 unspecified atom stereocenters. The maximum absolute atomic E-state index is 14.2. The first-order chi connectivity index (χ1) is 20.5. The van der Waals surface area contributed by atoms with E-state index in [0.29, 0.717) is 5.69 Å². The second-order valence-electron chi connectivity index (χ2n) is 12.1. The number of amides is 2. The molecule has 1 aliphatic rings. The molecule has 230 valence electrons. The van der Waals surface area contributed by atoms with Gasteiger partial charge in [0.2, 0.25) is 11.8 Å². The first kappa shape index (κ1) is 32.3. The van der Waals surface area contributed by atoms with E-state index in [4.69, 9.17) is 0 Å². The Kier molecular flexibility index (Phi) is 10.7. The van der Waals surface area contributed by atoms with E-state index in [1.807, 2.05) is 50.2 Å². The van der Waals surface area contributed by atoms with E-state index in [1.165, 1.54) is 15.6 Å². The van der Waals surface area contributed by atoms with Crippen molar-refractivity contribution >= 4 is 27.5 Å². The van der Waals surface area contributed by atoms with Crippen molar-refractivity contribution in [2.75, 3.05) is 10.8 Å². The summed E-state index contributed by atoms with van der Waals surface area (Å²) in [4.78, 5) is 29.3. The maximum atomic E-state index is 14.2. The molecule has 43 heavy (non-hydrogen) atoms. The summed E-state index contributed by atoms with van der Waals surface area (Å²) >= 11 is 0. The fourth-order valence-electron chi connectivity index (χ4n) is 5.55. The maximum Gasteiger partial charge on any atom is 0.264 e. The summed E-state index contributed by atoms with van der Waals surface area (Å²) in [6.45, 7) is 9.48. The molecule has 0 aromatic heterocycles. The molecule has 3 aromatic carbocycles. The van der Waals surface area contributed by atoms with Crippen molar-refractivity contribution in [1.29, 1.82) is 0 Å². The Morgan fingerprint density at radius 1 is 0.860 bits per heavy atom. The quantitative estimate of drug-likeness (QED) is 0.272. The van der Waals surface area contributed by atoms with E-state index < -0.39 is 28.5 Å². The third kappa shape index (κ3) is 8.25. The Morgan fingerprint density at radius 3 is 2.12 bits per heavy atom. The number of benzene rings is 3. The summed E-state index contributed by atoms with van der Waals surface area (Å²) in [5.41, 5.74) is 4.31. The predicted molar refractivity (Wildman–Crippen MR) is 172 cm³/mol. The van der Waals surface area contributed by atoms with Gasteiger partial charge in [0.05, 0.1) is 10.6 Å². The number of carbonyl (C=O) groups excluding carboxylic acids is 2. The van der Waals surface area contributed by atoms with Gasteiger partial charge in [-0.2, -0.15) is 0 Å². The Labute approximate surface area is 257 Å². The summed E-state index contributed by atoms with van der Waals surface area (Å²) < 4.78 is 29.3. The number of nitrogens with one attached hydrogen (secondary N) is 1. The molecule has 4 rings (SSSR count). The van der Waals surface area contributed by atoms with Crippen molar-refractivity contribution in [3.8, 4) is 0 Å². The lowest BCUT2D eigenvalue weighted by molar-refractivity contribution is -0.139. The molecule has 3 aromatic rings. The lowest BCUT2D eigenvalue weighted by Crippen LogP contribution is -2.53. The normalized spacial score (nSPS) is 14.7. The van der Waals surface area contributed by atoms with Crippen LogP contribution in [0.2, 0.25) is 0 Å². The number of hydrogen-bond acceptors (Lipinski definition) is 4. The smallest absolute Gasteiger partial charge is 0.264 e. The fraction of sp³-hybridized carbons (Fsp3) is 0.429. The molecule has 2 amide bonds.